The van der Waals surface area contributed by atoms with Gasteiger partial charge in [-0.3, -0.25) is 0 Å². The van der Waals surface area contributed by atoms with Gasteiger partial charge in [-0.1, -0.05) is 6.92 Å². The van der Waals surface area contributed by atoms with Gasteiger partial charge in [0.2, 0.25) is 0 Å². The van der Waals surface area contributed by atoms with E-state index in [1.807, 2.05) is 23.5 Å². The van der Waals surface area contributed by atoms with Crippen molar-refractivity contribution in [1.29, 1.82) is 5.26 Å². The van der Waals surface area contributed by atoms with Gasteiger partial charge in [-0.2, -0.15) is 5.26 Å². The number of rotatable bonds is 2. The van der Waals surface area contributed by atoms with Crippen LogP contribution in [0.5, 0.6) is 0 Å². The molecule has 0 aliphatic heterocycles. The minimum atomic E-state index is 0.784. The van der Waals surface area contributed by atoms with Gasteiger partial charge < -0.3 is 0 Å². The molecule has 1 nitrogen and oxygen atoms in total. The van der Waals surface area contributed by atoms with Gasteiger partial charge >= 0.3 is 0 Å². The quantitative estimate of drug-likeness (QED) is 0.751. The van der Waals surface area contributed by atoms with Crippen molar-refractivity contribution in [3.05, 3.63) is 34.0 Å². The summed E-state index contributed by atoms with van der Waals surface area (Å²) in [7, 11) is 0. The summed E-state index contributed by atoms with van der Waals surface area (Å²) in [5.41, 5.74) is 0. The molecule has 0 bridgehead atoms. The Kier molecular flexibility index (Phi) is 2.67. The molecule has 0 saturated carbocycles. The molecular weight excluding hydrogens is 210 g/mol. The maximum Gasteiger partial charge on any atom is 0.110 e. The van der Waals surface area contributed by atoms with Crippen molar-refractivity contribution in [2.45, 2.75) is 13.3 Å². The van der Waals surface area contributed by atoms with Gasteiger partial charge in [0.05, 0.1) is 0 Å². The monoisotopic (exact) mass is 219 g/mol. The first-order chi connectivity index (χ1) is 6.83. The first-order valence-electron chi connectivity index (χ1n) is 4.42. The van der Waals surface area contributed by atoms with Gasteiger partial charge in [0, 0.05) is 14.6 Å². The minimum Gasteiger partial charge on any atom is -0.192 e. The number of hydrogen-bond donors (Lipinski definition) is 0. The summed E-state index contributed by atoms with van der Waals surface area (Å²) in [4.78, 5) is 4.65. The molecule has 0 aliphatic rings. The fourth-order valence-electron chi connectivity index (χ4n) is 1.23. The summed E-state index contributed by atoms with van der Waals surface area (Å²) in [6, 6.07) is 10.4. The molecule has 0 unspecified atom stereocenters. The summed E-state index contributed by atoms with van der Waals surface area (Å²) in [6.45, 7) is 2.16. The average Bonchev–Trinajstić information content (AvgIpc) is 2.86. The second-order valence-electron chi connectivity index (χ2n) is 2.90. The molecule has 2 aromatic rings. The van der Waals surface area contributed by atoms with E-state index >= 15 is 0 Å². The second-order valence-corrected chi connectivity index (χ2v) is 5.15. The number of thiophene rings is 2. The van der Waals surface area contributed by atoms with Gasteiger partial charge in [0.1, 0.15) is 10.9 Å². The Morgan fingerprint density at radius 1 is 1.14 bits per heavy atom. The van der Waals surface area contributed by atoms with Crippen LogP contribution in [0.1, 0.15) is 16.7 Å². The highest BCUT2D eigenvalue weighted by atomic mass is 32.1. The van der Waals surface area contributed by atoms with Crippen molar-refractivity contribution in [1.82, 2.24) is 0 Å². The van der Waals surface area contributed by atoms with E-state index in [-0.39, 0.29) is 0 Å². The van der Waals surface area contributed by atoms with Crippen molar-refractivity contribution in [3.63, 3.8) is 0 Å². The lowest BCUT2D eigenvalue weighted by Gasteiger charge is -1.88. The fourth-order valence-corrected chi connectivity index (χ4v) is 3.07. The van der Waals surface area contributed by atoms with E-state index in [1.54, 1.807) is 11.3 Å². The van der Waals surface area contributed by atoms with Gasteiger partial charge in [-0.15, -0.1) is 22.7 Å². The molecule has 0 radical (unpaired) electrons. The Labute approximate surface area is 91.3 Å². The zero-order valence-corrected chi connectivity index (χ0v) is 9.41. The summed E-state index contributed by atoms with van der Waals surface area (Å²) < 4.78 is 0. The van der Waals surface area contributed by atoms with Crippen LogP contribution in [-0.2, 0) is 6.42 Å². The van der Waals surface area contributed by atoms with Crippen molar-refractivity contribution >= 4 is 22.7 Å². The van der Waals surface area contributed by atoms with Crippen LogP contribution in [0.25, 0.3) is 9.75 Å². The highest BCUT2D eigenvalue weighted by Gasteiger charge is 2.04. The van der Waals surface area contributed by atoms with Crippen molar-refractivity contribution in [3.8, 4) is 15.8 Å². The van der Waals surface area contributed by atoms with Crippen LogP contribution in [-0.4, -0.2) is 0 Å². The van der Waals surface area contributed by atoms with Crippen LogP contribution in [0, 0.1) is 11.3 Å². The largest absolute Gasteiger partial charge is 0.192 e. The minimum absolute atomic E-state index is 0.784. The first kappa shape index (κ1) is 9.45. The Morgan fingerprint density at radius 3 is 2.43 bits per heavy atom. The van der Waals surface area contributed by atoms with Crippen molar-refractivity contribution < 1.29 is 0 Å². The second kappa shape index (κ2) is 3.95. The van der Waals surface area contributed by atoms with Gasteiger partial charge in [0.25, 0.3) is 0 Å². The molecule has 2 aromatic heterocycles. The van der Waals surface area contributed by atoms with E-state index in [4.69, 9.17) is 5.26 Å². The van der Waals surface area contributed by atoms with E-state index in [2.05, 4.69) is 25.1 Å². The molecule has 0 N–H and O–H groups in total. The van der Waals surface area contributed by atoms with E-state index < -0.39 is 0 Å². The van der Waals surface area contributed by atoms with Crippen LogP contribution in [0.3, 0.4) is 0 Å². The van der Waals surface area contributed by atoms with E-state index in [1.165, 1.54) is 14.6 Å². The molecular formula is C11H9NS2. The summed E-state index contributed by atoms with van der Waals surface area (Å²) >= 11 is 3.37. The fraction of sp³-hybridized carbons (Fsp3) is 0.182. The lowest BCUT2D eigenvalue weighted by atomic mass is 10.3. The Hall–Kier alpha value is -1.11. The third-order valence-corrected chi connectivity index (χ3v) is 4.38. The van der Waals surface area contributed by atoms with Crippen molar-refractivity contribution in [2.24, 2.45) is 0 Å². The first-order valence-corrected chi connectivity index (χ1v) is 6.06. The maximum absolute atomic E-state index is 8.71. The molecule has 0 atom stereocenters. The topological polar surface area (TPSA) is 23.8 Å². The summed E-state index contributed by atoms with van der Waals surface area (Å²) in [5, 5.41) is 8.71. The lowest BCUT2D eigenvalue weighted by molar-refractivity contribution is 1.19. The third-order valence-electron chi connectivity index (χ3n) is 1.97. The van der Waals surface area contributed by atoms with Crippen LogP contribution in [0.4, 0.5) is 0 Å². The molecule has 0 spiro atoms. The highest BCUT2D eigenvalue weighted by Crippen LogP contribution is 2.33. The summed E-state index contributed by atoms with van der Waals surface area (Å²) in [5.74, 6) is 0. The molecule has 2 rings (SSSR count). The predicted molar refractivity (Wildman–Crippen MR) is 61.7 cm³/mol. The molecule has 2 heterocycles. The standard InChI is InChI=1S/C11H9NS2/c1-2-8-3-5-10(13-8)11-6-4-9(7-12)14-11/h3-6H,2H2,1H3. The van der Waals surface area contributed by atoms with E-state index in [0.717, 1.165) is 11.3 Å². The van der Waals surface area contributed by atoms with E-state index in [9.17, 15) is 0 Å². The van der Waals surface area contributed by atoms with Gasteiger partial charge in [-0.25, -0.2) is 0 Å². The van der Waals surface area contributed by atoms with Crippen LogP contribution < -0.4 is 0 Å². The van der Waals surface area contributed by atoms with E-state index in [0.29, 0.717) is 0 Å². The molecule has 14 heavy (non-hydrogen) atoms. The van der Waals surface area contributed by atoms with Crippen LogP contribution in [0.15, 0.2) is 24.3 Å². The lowest BCUT2D eigenvalue weighted by Crippen LogP contribution is -1.63. The molecule has 0 saturated heterocycles. The number of hydrogen-bond acceptors (Lipinski definition) is 3. The Morgan fingerprint density at radius 2 is 1.86 bits per heavy atom. The smallest absolute Gasteiger partial charge is 0.110 e. The van der Waals surface area contributed by atoms with Crippen LogP contribution in [0.2, 0.25) is 0 Å². The SMILES string of the molecule is CCc1ccc(-c2ccc(C#N)s2)s1. The Balaban J connectivity index is 2.35. The average molecular weight is 219 g/mol. The maximum atomic E-state index is 8.71. The normalized spacial score (nSPS) is 10.0. The molecule has 0 aromatic carbocycles. The third kappa shape index (κ3) is 1.72. The van der Waals surface area contributed by atoms with Crippen molar-refractivity contribution in [2.75, 3.05) is 0 Å². The molecule has 0 amide bonds. The number of aryl methyl sites for hydroxylation is 1. The zero-order valence-electron chi connectivity index (χ0n) is 7.78. The van der Waals surface area contributed by atoms with Gasteiger partial charge in [0.15, 0.2) is 0 Å². The molecule has 0 fully saturated rings. The number of nitrogens with zero attached hydrogens (tertiary/aromatic N) is 1. The number of nitriles is 1. The molecule has 70 valence electrons. The highest BCUT2D eigenvalue weighted by molar-refractivity contribution is 7.22. The van der Waals surface area contributed by atoms with Crippen LogP contribution >= 0.6 is 22.7 Å². The summed E-state index contributed by atoms with van der Waals surface area (Å²) in [6.07, 6.45) is 1.08. The Bertz CT molecular complexity index is 473. The predicted octanol–water partition coefficient (Wildman–Crippen LogP) is 3.91. The zero-order chi connectivity index (χ0) is 9.97. The van der Waals surface area contributed by atoms with Gasteiger partial charge in [-0.05, 0) is 30.7 Å². The molecule has 3 heteroatoms. The molecule has 0 aliphatic carbocycles.